The summed E-state index contributed by atoms with van der Waals surface area (Å²) in [5.74, 6) is 1.68. The molecule has 2 fully saturated rings. The minimum absolute atomic E-state index is 0.203. The number of amides is 5. The number of aromatic nitrogens is 3. The van der Waals surface area contributed by atoms with E-state index in [1.54, 1.807) is 26.7 Å². The Balaban J connectivity index is 0.000000520. The monoisotopic (exact) mass is 782 g/mol. The van der Waals surface area contributed by atoms with Crippen LogP contribution in [-0.4, -0.2) is 94.6 Å². The molecule has 2 saturated heterocycles. The molecule has 5 aromatic rings. The van der Waals surface area contributed by atoms with E-state index in [1.807, 2.05) is 79.7 Å². The third-order valence-electron chi connectivity index (χ3n) is 9.14. The van der Waals surface area contributed by atoms with Crippen molar-refractivity contribution < 1.29 is 28.6 Å². The van der Waals surface area contributed by atoms with Crippen molar-refractivity contribution in [2.75, 3.05) is 68.6 Å². The molecule has 3 aromatic carbocycles. The number of ether oxygens (including phenoxy) is 3. The van der Waals surface area contributed by atoms with Crippen molar-refractivity contribution in [3.8, 4) is 11.4 Å². The van der Waals surface area contributed by atoms with Crippen molar-refractivity contribution >= 4 is 57.1 Å². The fourth-order valence-corrected chi connectivity index (χ4v) is 6.15. The fraction of sp³-hybridized carbons (Fsp3) is 0.341. The molecule has 0 aliphatic carbocycles. The summed E-state index contributed by atoms with van der Waals surface area (Å²) >= 11 is 5.19. The van der Waals surface area contributed by atoms with E-state index in [9.17, 15) is 14.4 Å². The molecular formula is C41H47ClN8O6. The van der Waals surface area contributed by atoms with E-state index in [0.717, 1.165) is 33.3 Å². The Morgan fingerprint density at radius 2 is 1.46 bits per heavy atom. The van der Waals surface area contributed by atoms with E-state index in [4.69, 9.17) is 30.9 Å². The zero-order valence-electron chi connectivity index (χ0n) is 32.0. The van der Waals surface area contributed by atoms with Gasteiger partial charge in [-0.25, -0.2) is 19.3 Å². The maximum absolute atomic E-state index is 13.4. The van der Waals surface area contributed by atoms with Gasteiger partial charge in [-0.3, -0.25) is 15.4 Å². The first-order valence-corrected chi connectivity index (χ1v) is 18.8. The van der Waals surface area contributed by atoms with Crippen LogP contribution in [0.5, 0.6) is 5.75 Å². The number of carbonyl (C=O) groups excluding carboxylic acids is 3. The zero-order valence-corrected chi connectivity index (χ0v) is 32.8. The molecule has 7 rings (SSSR count). The highest BCUT2D eigenvalue weighted by atomic mass is 35.5. The van der Waals surface area contributed by atoms with Gasteiger partial charge >= 0.3 is 17.4 Å². The van der Waals surface area contributed by atoms with Gasteiger partial charge in [0.1, 0.15) is 24.0 Å². The molecule has 0 bridgehead atoms. The van der Waals surface area contributed by atoms with Crippen molar-refractivity contribution in [3.05, 3.63) is 102 Å². The maximum atomic E-state index is 13.4. The molecule has 2 aliphatic rings. The van der Waals surface area contributed by atoms with Gasteiger partial charge < -0.3 is 29.3 Å². The number of rotatable bonds is 7. The van der Waals surface area contributed by atoms with Crippen LogP contribution >= 0.6 is 11.6 Å². The minimum Gasteiger partial charge on any atom is -0.488 e. The van der Waals surface area contributed by atoms with Crippen molar-refractivity contribution in [3.63, 3.8) is 0 Å². The lowest BCUT2D eigenvalue weighted by Gasteiger charge is -2.26. The molecule has 0 spiro atoms. The Hall–Kier alpha value is -5.70. The molecule has 56 heavy (non-hydrogen) atoms. The molecule has 0 unspecified atom stereocenters. The van der Waals surface area contributed by atoms with Crippen LogP contribution in [0, 0.1) is 6.92 Å². The first kappa shape index (κ1) is 40.0. The third kappa shape index (κ3) is 10.5. The summed E-state index contributed by atoms with van der Waals surface area (Å²) in [4.78, 5) is 44.0. The number of hydrogen-bond donors (Lipinski definition) is 3. The SMILES string of the molecule is Cc1ccc(-n2nc(C(C)(C)C)cc2NC(=O)Nc2ccc(OCc3ccnc(NC(=O)N4CCOCC4)c3)c3ccccc23)cc1.O=C(Cl)N1CCOCC1. The number of urea groups is 2. The minimum atomic E-state index is -0.388. The van der Waals surface area contributed by atoms with Crippen molar-refractivity contribution in [2.45, 2.75) is 39.7 Å². The molecule has 4 heterocycles. The fourth-order valence-electron chi connectivity index (χ4n) is 5.98. The molecule has 0 radical (unpaired) electrons. The summed E-state index contributed by atoms with van der Waals surface area (Å²) in [6.45, 7) is 13.2. The van der Waals surface area contributed by atoms with E-state index in [-0.39, 0.29) is 29.5 Å². The molecule has 15 heteroatoms. The van der Waals surface area contributed by atoms with Crippen molar-refractivity contribution in [1.29, 1.82) is 0 Å². The first-order chi connectivity index (χ1) is 26.9. The number of halogens is 1. The Bertz CT molecular complexity index is 2140. The van der Waals surface area contributed by atoms with E-state index in [2.05, 4.69) is 41.7 Å². The van der Waals surface area contributed by atoms with Gasteiger partial charge in [0.05, 0.1) is 43.5 Å². The van der Waals surface area contributed by atoms with Gasteiger partial charge in [0.2, 0.25) is 0 Å². The predicted molar refractivity (Wildman–Crippen MR) is 217 cm³/mol. The third-order valence-corrected chi connectivity index (χ3v) is 9.38. The molecule has 294 valence electrons. The van der Waals surface area contributed by atoms with Crippen LogP contribution in [0.25, 0.3) is 16.5 Å². The molecule has 0 atom stereocenters. The highest BCUT2D eigenvalue weighted by molar-refractivity contribution is 6.62. The Kier molecular flexibility index (Phi) is 13.1. The average Bonchev–Trinajstić information content (AvgIpc) is 3.63. The van der Waals surface area contributed by atoms with Gasteiger partial charge in [-0.1, -0.05) is 62.7 Å². The molecule has 5 amide bonds. The quantitative estimate of drug-likeness (QED) is 0.112. The van der Waals surface area contributed by atoms with Crippen LogP contribution in [0.2, 0.25) is 0 Å². The predicted octanol–water partition coefficient (Wildman–Crippen LogP) is 7.79. The molecular weight excluding hydrogens is 736 g/mol. The number of aryl methyl sites for hydroxylation is 1. The van der Waals surface area contributed by atoms with Gasteiger partial charge in [0.15, 0.2) is 0 Å². The number of hydrogen-bond acceptors (Lipinski definition) is 8. The summed E-state index contributed by atoms with van der Waals surface area (Å²) in [5, 5.41) is 15.0. The summed E-state index contributed by atoms with van der Waals surface area (Å²) in [6.07, 6.45) is 1.65. The second-order valence-electron chi connectivity index (χ2n) is 14.4. The number of pyridine rings is 1. The Morgan fingerprint density at radius 1 is 0.804 bits per heavy atom. The summed E-state index contributed by atoms with van der Waals surface area (Å²) < 4.78 is 18.3. The maximum Gasteiger partial charge on any atom is 0.324 e. The Morgan fingerprint density at radius 3 is 2.11 bits per heavy atom. The number of nitrogens with zero attached hydrogens (tertiary/aromatic N) is 5. The largest absolute Gasteiger partial charge is 0.488 e. The second-order valence-corrected chi connectivity index (χ2v) is 14.7. The van der Waals surface area contributed by atoms with Gasteiger partial charge in [-0.2, -0.15) is 5.10 Å². The van der Waals surface area contributed by atoms with Crippen LogP contribution in [-0.2, 0) is 21.5 Å². The number of nitrogens with one attached hydrogen (secondary N) is 3. The highest BCUT2D eigenvalue weighted by Crippen LogP contribution is 2.33. The van der Waals surface area contributed by atoms with Gasteiger partial charge in [0.25, 0.3) is 0 Å². The number of morpholine rings is 2. The van der Waals surface area contributed by atoms with E-state index in [0.29, 0.717) is 75.7 Å². The first-order valence-electron chi connectivity index (χ1n) is 18.5. The lowest BCUT2D eigenvalue weighted by atomic mass is 9.92. The number of fused-ring (bicyclic) bond motifs is 1. The molecule has 2 aliphatic heterocycles. The number of anilines is 3. The smallest absolute Gasteiger partial charge is 0.324 e. The second kappa shape index (κ2) is 18.3. The number of carbonyl (C=O) groups is 3. The number of benzene rings is 3. The lowest BCUT2D eigenvalue weighted by molar-refractivity contribution is 0.0564. The van der Waals surface area contributed by atoms with Crippen molar-refractivity contribution in [2.24, 2.45) is 0 Å². The normalized spacial score (nSPS) is 14.4. The summed E-state index contributed by atoms with van der Waals surface area (Å²) in [7, 11) is 0. The van der Waals surface area contributed by atoms with Gasteiger partial charge in [0, 0.05) is 54.6 Å². The summed E-state index contributed by atoms with van der Waals surface area (Å²) in [5.41, 5.74) is 4.14. The summed E-state index contributed by atoms with van der Waals surface area (Å²) in [6, 6.07) is 24.4. The average molecular weight is 783 g/mol. The van der Waals surface area contributed by atoms with Crippen LogP contribution in [0.4, 0.5) is 31.7 Å². The van der Waals surface area contributed by atoms with Gasteiger partial charge in [-0.05, 0) is 60.5 Å². The molecule has 2 aromatic heterocycles. The van der Waals surface area contributed by atoms with Crippen molar-refractivity contribution in [1.82, 2.24) is 24.6 Å². The lowest BCUT2D eigenvalue weighted by Crippen LogP contribution is -2.43. The molecule has 14 nitrogen and oxygen atoms in total. The molecule has 3 N–H and O–H groups in total. The standard InChI is InChI=1S/C36H39N7O4.C5H8ClNO2/c1-24-9-11-26(12-10-24)43-33(22-31(41-43)36(2,3)4)40-34(44)38-29-13-14-30(28-8-6-5-7-27(28)29)47-23-25-15-16-37-32(21-25)39-35(45)42-17-19-46-20-18-42;6-5(8)7-1-3-9-4-2-7/h5-16,21-22H,17-20,23H2,1-4H3,(H,37,39,45)(H2,38,40,44);1-4H2. The van der Waals surface area contributed by atoms with Crippen LogP contribution in [0.3, 0.4) is 0 Å². The van der Waals surface area contributed by atoms with Crippen LogP contribution in [0.1, 0.15) is 37.6 Å². The van der Waals surface area contributed by atoms with E-state index >= 15 is 0 Å². The molecule has 0 saturated carbocycles. The van der Waals surface area contributed by atoms with E-state index < -0.39 is 0 Å². The van der Waals surface area contributed by atoms with E-state index in [1.165, 1.54) is 0 Å². The highest BCUT2D eigenvalue weighted by Gasteiger charge is 2.22. The van der Waals surface area contributed by atoms with Gasteiger partial charge in [-0.15, -0.1) is 0 Å². The Labute approximate surface area is 331 Å². The topological polar surface area (TPSA) is 152 Å². The van der Waals surface area contributed by atoms with Crippen LogP contribution in [0.15, 0.2) is 85.1 Å². The zero-order chi connectivity index (χ0) is 39.7. The van der Waals surface area contributed by atoms with Crippen LogP contribution < -0.4 is 20.7 Å².